The highest BCUT2D eigenvalue weighted by Gasteiger charge is 2.24. The molecule has 1 aromatic heterocycles. The third kappa shape index (κ3) is 3.10. The summed E-state index contributed by atoms with van der Waals surface area (Å²) in [6, 6.07) is 6.39. The maximum atomic E-state index is 13.7. The van der Waals surface area contributed by atoms with Gasteiger partial charge >= 0.3 is 0 Å². The Bertz CT molecular complexity index is 757. The number of rotatable bonds is 4. The number of nitrogens with zero attached hydrogens (tertiary/aromatic N) is 1. The van der Waals surface area contributed by atoms with E-state index in [2.05, 4.69) is 4.57 Å². The molecular formula is C20H25FN2O. The van der Waals surface area contributed by atoms with Crippen LogP contribution in [0.25, 0.3) is 11.1 Å². The van der Waals surface area contributed by atoms with E-state index in [0.29, 0.717) is 17.0 Å². The number of carbonyl (C=O) groups is 1. The van der Waals surface area contributed by atoms with Crippen LogP contribution in [-0.2, 0) is 6.54 Å². The van der Waals surface area contributed by atoms with Gasteiger partial charge in [-0.3, -0.25) is 4.79 Å². The number of primary amides is 1. The second kappa shape index (κ2) is 6.80. The molecule has 3 rings (SSSR count). The largest absolute Gasteiger partial charge is 0.366 e. The topological polar surface area (TPSA) is 48.0 Å². The van der Waals surface area contributed by atoms with Crippen LogP contribution in [0.2, 0.25) is 0 Å². The first kappa shape index (κ1) is 16.7. The van der Waals surface area contributed by atoms with Gasteiger partial charge in [0.1, 0.15) is 5.82 Å². The van der Waals surface area contributed by atoms with Crippen molar-refractivity contribution in [1.82, 2.24) is 4.57 Å². The minimum atomic E-state index is -0.447. The van der Waals surface area contributed by atoms with E-state index in [-0.39, 0.29) is 5.82 Å². The Morgan fingerprint density at radius 2 is 1.92 bits per heavy atom. The number of hydrogen-bond acceptors (Lipinski definition) is 1. The van der Waals surface area contributed by atoms with Crippen molar-refractivity contribution in [2.75, 3.05) is 0 Å². The predicted molar refractivity (Wildman–Crippen MR) is 94.4 cm³/mol. The quantitative estimate of drug-likeness (QED) is 0.876. The second-order valence-corrected chi connectivity index (χ2v) is 6.91. The van der Waals surface area contributed by atoms with Gasteiger partial charge in [0.05, 0.1) is 5.56 Å². The maximum Gasteiger partial charge on any atom is 0.251 e. The summed E-state index contributed by atoms with van der Waals surface area (Å²) >= 11 is 0. The van der Waals surface area contributed by atoms with Gasteiger partial charge in [-0.1, -0.05) is 31.4 Å². The van der Waals surface area contributed by atoms with Crippen LogP contribution in [0.15, 0.2) is 24.3 Å². The van der Waals surface area contributed by atoms with Crippen LogP contribution in [-0.4, -0.2) is 10.5 Å². The Hall–Kier alpha value is -2.10. The highest BCUT2D eigenvalue weighted by atomic mass is 19.1. The lowest BCUT2D eigenvalue weighted by molar-refractivity contribution is 0.1000. The van der Waals surface area contributed by atoms with Crippen LogP contribution >= 0.6 is 0 Å². The van der Waals surface area contributed by atoms with Gasteiger partial charge in [0.15, 0.2) is 0 Å². The normalized spacial score (nSPS) is 15.6. The molecule has 1 heterocycles. The first-order valence-corrected chi connectivity index (χ1v) is 8.74. The summed E-state index contributed by atoms with van der Waals surface area (Å²) in [5.41, 5.74) is 9.56. The first-order valence-electron chi connectivity index (χ1n) is 8.74. The molecular weight excluding hydrogens is 303 g/mol. The molecule has 1 fully saturated rings. The molecule has 3 nitrogen and oxygen atoms in total. The highest BCUT2D eigenvalue weighted by molar-refractivity contribution is 6.02. The van der Waals surface area contributed by atoms with Crippen molar-refractivity contribution in [3.63, 3.8) is 0 Å². The van der Waals surface area contributed by atoms with Crippen LogP contribution in [0, 0.1) is 25.6 Å². The third-order valence-corrected chi connectivity index (χ3v) is 5.31. The monoisotopic (exact) mass is 328 g/mol. The zero-order valence-corrected chi connectivity index (χ0v) is 14.4. The summed E-state index contributed by atoms with van der Waals surface area (Å²) in [6.07, 6.45) is 6.35. The van der Waals surface area contributed by atoms with E-state index in [4.69, 9.17) is 5.73 Å². The van der Waals surface area contributed by atoms with E-state index in [0.717, 1.165) is 23.5 Å². The van der Waals surface area contributed by atoms with E-state index < -0.39 is 5.91 Å². The summed E-state index contributed by atoms with van der Waals surface area (Å²) < 4.78 is 15.9. The van der Waals surface area contributed by atoms with E-state index in [1.807, 2.05) is 19.9 Å². The smallest absolute Gasteiger partial charge is 0.251 e. The molecule has 0 radical (unpaired) electrons. The lowest BCUT2D eigenvalue weighted by Crippen LogP contribution is -2.17. The molecule has 2 N–H and O–H groups in total. The van der Waals surface area contributed by atoms with Crippen molar-refractivity contribution in [2.24, 2.45) is 11.7 Å². The molecule has 2 aromatic rings. The minimum Gasteiger partial charge on any atom is -0.366 e. The van der Waals surface area contributed by atoms with E-state index in [9.17, 15) is 9.18 Å². The fourth-order valence-corrected chi connectivity index (χ4v) is 4.08. The van der Waals surface area contributed by atoms with Crippen molar-refractivity contribution < 1.29 is 9.18 Å². The van der Waals surface area contributed by atoms with Crippen LogP contribution < -0.4 is 5.73 Å². The number of aromatic nitrogens is 1. The second-order valence-electron chi connectivity index (χ2n) is 6.91. The van der Waals surface area contributed by atoms with Crippen molar-refractivity contribution in [3.05, 3.63) is 47.0 Å². The zero-order valence-electron chi connectivity index (χ0n) is 14.4. The van der Waals surface area contributed by atoms with Gasteiger partial charge in [-0.05, 0) is 50.3 Å². The van der Waals surface area contributed by atoms with Crippen LogP contribution in [0.3, 0.4) is 0 Å². The third-order valence-electron chi connectivity index (χ3n) is 5.31. The Kier molecular flexibility index (Phi) is 4.74. The predicted octanol–water partition coefficient (Wildman–Crippen LogP) is 4.59. The molecule has 1 aromatic carbocycles. The number of nitrogens with two attached hydrogens (primary N) is 1. The van der Waals surface area contributed by atoms with E-state index >= 15 is 0 Å². The highest BCUT2D eigenvalue weighted by Crippen LogP contribution is 2.34. The van der Waals surface area contributed by atoms with Gasteiger partial charge in [-0.25, -0.2) is 4.39 Å². The number of halogens is 1. The molecule has 1 saturated carbocycles. The van der Waals surface area contributed by atoms with Gasteiger partial charge in [0, 0.05) is 23.5 Å². The Balaban J connectivity index is 2.07. The van der Waals surface area contributed by atoms with Gasteiger partial charge in [-0.15, -0.1) is 0 Å². The molecule has 1 aliphatic rings. The number of amides is 1. The van der Waals surface area contributed by atoms with E-state index in [1.54, 1.807) is 6.07 Å². The Morgan fingerprint density at radius 1 is 1.21 bits per heavy atom. The van der Waals surface area contributed by atoms with Crippen molar-refractivity contribution in [3.8, 4) is 11.1 Å². The molecule has 0 aliphatic heterocycles. The van der Waals surface area contributed by atoms with Gasteiger partial charge in [0.2, 0.25) is 0 Å². The molecule has 0 spiro atoms. The lowest BCUT2D eigenvalue weighted by Gasteiger charge is -2.23. The Morgan fingerprint density at radius 3 is 2.54 bits per heavy atom. The van der Waals surface area contributed by atoms with Crippen molar-refractivity contribution >= 4 is 5.91 Å². The molecule has 0 saturated heterocycles. The fourth-order valence-electron chi connectivity index (χ4n) is 4.08. The average Bonchev–Trinajstić information content (AvgIpc) is 2.80. The number of carbonyl (C=O) groups excluding carboxylic acids is 1. The molecule has 0 atom stereocenters. The molecule has 0 unspecified atom stereocenters. The summed E-state index contributed by atoms with van der Waals surface area (Å²) in [5.74, 6) is -0.109. The van der Waals surface area contributed by atoms with Gasteiger partial charge in [-0.2, -0.15) is 0 Å². The number of benzene rings is 1. The summed E-state index contributed by atoms with van der Waals surface area (Å²) in [6.45, 7) is 4.86. The van der Waals surface area contributed by atoms with Crippen LogP contribution in [0.5, 0.6) is 0 Å². The standard InChI is InChI=1S/C20H25FN2O/c1-13-18(16-9-6-10-17(21)11-16)19(20(22)24)14(2)23(13)12-15-7-4-3-5-8-15/h6,9-11,15H,3-5,7-8,12H2,1-2H3,(H2,22,24). The average molecular weight is 328 g/mol. The van der Waals surface area contributed by atoms with Crippen molar-refractivity contribution in [2.45, 2.75) is 52.5 Å². The van der Waals surface area contributed by atoms with E-state index in [1.165, 1.54) is 44.2 Å². The van der Waals surface area contributed by atoms with Crippen LogP contribution in [0.4, 0.5) is 4.39 Å². The molecule has 128 valence electrons. The molecule has 0 bridgehead atoms. The fraction of sp³-hybridized carbons (Fsp3) is 0.450. The van der Waals surface area contributed by atoms with Crippen LogP contribution in [0.1, 0.15) is 53.8 Å². The minimum absolute atomic E-state index is 0.306. The Labute approximate surface area is 142 Å². The van der Waals surface area contributed by atoms with Gasteiger partial charge in [0.25, 0.3) is 5.91 Å². The zero-order chi connectivity index (χ0) is 17.3. The summed E-state index contributed by atoms with van der Waals surface area (Å²) in [4.78, 5) is 12.1. The molecule has 24 heavy (non-hydrogen) atoms. The van der Waals surface area contributed by atoms with Crippen molar-refractivity contribution in [1.29, 1.82) is 0 Å². The SMILES string of the molecule is Cc1c(C(N)=O)c(-c2cccc(F)c2)c(C)n1CC1CCCCC1. The summed E-state index contributed by atoms with van der Waals surface area (Å²) in [5, 5.41) is 0. The summed E-state index contributed by atoms with van der Waals surface area (Å²) in [7, 11) is 0. The van der Waals surface area contributed by atoms with Gasteiger partial charge < -0.3 is 10.3 Å². The molecule has 4 heteroatoms. The lowest BCUT2D eigenvalue weighted by atomic mass is 9.89. The first-order chi connectivity index (χ1) is 11.5. The number of hydrogen-bond donors (Lipinski definition) is 1. The maximum absolute atomic E-state index is 13.7. The molecule has 1 amide bonds. The molecule has 1 aliphatic carbocycles.